The van der Waals surface area contributed by atoms with Crippen LogP contribution >= 0.6 is 0 Å². The zero-order chi connectivity index (χ0) is 24.3. The quantitative estimate of drug-likeness (QED) is 0.212. The van der Waals surface area contributed by atoms with E-state index in [1.54, 1.807) is 6.07 Å². The van der Waals surface area contributed by atoms with Crippen LogP contribution in [0.1, 0.15) is 21.5 Å². The molecule has 2 N–H and O–H groups in total. The molecule has 0 atom stereocenters. The topological polar surface area (TPSA) is 79.5 Å². The molecule has 3 aromatic carbocycles. The lowest BCUT2D eigenvalue weighted by molar-refractivity contribution is -0.137. The number of aromatic carboxylic acids is 1. The van der Waals surface area contributed by atoms with Gasteiger partial charge < -0.3 is 5.11 Å². The van der Waals surface area contributed by atoms with Crippen molar-refractivity contribution in [3.8, 4) is 16.9 Å². The summed E-state index contributed by atoms with van der Waals surface area (Å²) >= 11 is 0. The predicted octanol–water partition coefficient (Wildman–Crippen LogP) is 5.84. The van der Waals surface area contributed by atoms with Crippen molar-refractivity contribution in [1.82, 2.24) is 9.78 Å². The first-order valence-electron chi connectivity index (χ1n) is 9.87. The number of nitrogens with one attached hydrogen (secondary N) is 1. The second-order valence-electron chi connectivity index (χ2n) is 7.16. The van der Waals surface area contributed by atoms with Crippen molar-refractivity contribution in [2.24, 2.45) is 5.10 Å². The van der Waals surface area contributed by atoms with Crippen molar-refractivity contribution in [1.29, 1.82) is 0 Å². The zero-order valence-corrected chi connectivity index (χ0v) is 17.3. The van der Waals surface area contributed by atoms with Gasteiger partial charge in [-0.25, -0.2) is 13.9 Å². The predicted molar refractivity (Wildman–Crippen MR) is 119 cm³/mol. The van der Waals surface area contributed by atoms with E-state index in [0.29, 0.717) is 11.3 Å². The number of benzene rings is 3. The first kappa shape index (κ1) is 22.7. The normalized spacial score (nSPS) is 11.6. The third kappa shape index (κ3) is 4.96. The summed E-state index contributed by atoms with van der Waals surface area (Å²) < 4.78 is 54.9. The molecule has 4 rings (SSSR count). The minimum Gasteiger partial charge on any atom is -0.478 e. The van der Waals surface area contributed by atoms with Crippen LogP contribution in [0.25, 0.3) is 16.9 Å². The molecule has 0 saturated heterocycles. The Bertz CT molecular complexity index is 1360. The van der Waals surface area contributed by atoms with Crippen molar-refractivity contribution in [3.05, 3.63) is 102 Å². The van der Waals surface area contributed by atoms with E-state index < -0.39 is 23.5 Å². The second-order valence-corrected chi connectivity index (χ2v) is 7.16. The molecule has 1 aromatic heterocycles. The molecule has 172 valence electrons. The highest BCUT2D eigenvalue weighted by Crippen LogP contribution is 2.32. The van der Waals surface area contributed by atoms with Crippen molar-refractivity contribution in [3.63, 3.8) is 0 Å². The van der Waals surface area contributed by atoms with Gasteiger partial charge in [-0.1, -0.05) is 24.3 Å². The minimum absolute atomic E-state index is 0.0740. The summed E-state index contributed by atoms with van der Waals surface area (Å²) in [6.45, 7) is 0. The molecule has 0 aliphatic heterocycles. The highest BCUT2D eigenvalue weighted by molar-refractivity contribution is 5.89. The van der Waals surface area contributed by atoms with Crippen LogP contribution < -0.4 is 5.43 Å². The monoisotopic (exact) mass is 468 g/mol. The van der Waals surface area contributed by atoms with Crippen LogP contribution in [0.3, 0.4) is 0 Å². The maximum atomic E-state index is 13.8. The van der Waals surface area contributed by atoms with Gasteiger partial charge >= 0.3 is 12.1 Å². The number of halogens is 4. The van der Waals surface area contributed by atoms with Crippen molar-refractivity contribution in [2.75, 3.05) is 5.43 Å². The highest BCUT2D eigenvalue weighted by atomic mass is 19.4. The summed E-state index contributed by atoms with van der Waals surface area (Å²) in [5, 5.41) is 17.5. The molecule has 10 heteroatoms. The molecule has 0 radical (unpaired) electrons. The van der Waals surface area contributed by atoms with Gasteiger partial charge in [0.1, 0.15) is 11.5 Å². The van der Waals surface area contributed by atoms with Gasteiger partial charge in [-0.15, -0.1) is 0 Å². The lowest BCUT2D eigenvalue weighted by atomic mass is 10.1. The van der Waals surface area contributed by atoms with Crippen molar-refractivity contribution >= 4 is 17.9 Å². The molecule has 1 heterocycles. The summed E-state index contributed by atoms with van der Waals surface area (Å²) in [6, 6.07) is 16.4. The Kier molecular flexibility index (Phi) is 6.13. The molecule has 0 saturated carbocycles. The molecule has 0 aliphatic rings. The first-order chi connectivity index (χ1) is 16.2. The largest absolute Gasteiger partial charge is 0.478 e. The number of rotatable bonds is 6. The molecule has 0 aliphatic carbocycles. The summed E-state index contributed by atoms with van der Waals surface area (Å²) in [5.41, 5.74) is 3.15. The molecule has 6 nitrogen and oxygen atoms in total. The molecule has 0 bridgehead atoms. The van der Waals surface area contributed by atoms with E-state index in [9.17, 15) is 22.4 Å². The Balaban J connectivity index is 1.74. The molecule has 0 amide bonds. The van der Waals surface area contributed by atoms with E-state index in [-0.39, 0.29) is 22.5 Å². The van der Waals surface area contributed by atoms with Gasteiger partial charge in [-0.2, -0.15) is 23.4 Å². The van der Waals surface area contributed by atoms with Crippen molar-refractivity contribution < 1.29 is 27.5 Å². The number of carboxylic acid groups (broad SMARTS) is 1. The SMILES string of the molecule is O=C(O)c1ccc(-n2cc(/C=N/Nc3ccccc3F)c(-c3cccc(C(F)(F)F)c3)n2)cc1. The van der Waals surface area contributed by atoms with E-state index >= 15 is 0 Å². The summed E-state index contributed by atoms with van der Waals surface area (Å²) in [4.78, 5) is 11.1. The number of hydrogen-bond acceptors (Lipinski definition) is 4. The van der Waals surface area contributed by atoms with Gasteiger partial charge in [0.05, 0.1) is 28.7 Å². The lowest BCUT2D eigenvalue weighted by Gasteiger charge is -2.08. The van der Waals surface area contributed by atoms with Gasteiger partial charge in [-0.05, 0) is 48.5 Å². The van der Waals surface area contributed by atoms with Gasteiger partial charge in [0.2, 0.25) is 0 Å². The minimum atomic E-state index is -4.54. The number of alkyl halides is 3. The number of anilines is 1. The van der Waals surface area contributed by atoms with E-state index in [2.05, 4.69) is 15.6 Å². The number of aromatic nitrogens is 2. The van der Waals surface area contributed by atoms with E-state index in [1.165, 1.54) is 71.7 Å². The molecule has 0 fully saturated rings. The Morgan fingerprint density at radius 3 is 2.44 bits per heavy atom. The maximum Gasteiger partial charge on any atom is 0.416 e. The fourth-order valence-electron chi connectivity index (χ4n) is 3.16. The smallest absolute Gasteiger partial charge is 0.416 e. The lowest BCUT2D eigenvalue weighted by Crippen LogP contribution is -2.04. The van der Waals surface area contributed by atoms with Gasteiger partial charge in [-0.3, -0.25) is 5.43 Å². The maximum absolute atomic E-state index is 13.8. The van der Waals surface area contributed by atoms with Crippen LogP contribution in [0.2, 0.25) is 0 Å². The first-order valence-corrected chi connectivity index (χ1v) is 9.87. The molecule has 0 unspecified atom stereocenters. The van der Waals surface area contributed by atoms with E-state index in [0.717, 1.165) is 12.1 Å². The number of hydrogen-bond donors (Lipinski definition) is 2. The molecule has 0 spiro atoms. The Morgan fingerprint density at radius 1 is 1.03 bits per heavy atom. The molecule has 4 aromatic rings. The third-order valence-electron chi connectivity index (χ3n) is 4.85. The average molecular weight is 468 g/mol. The Hall–Kier alpha value is -4.47. The number of nitrogens with zero attached hydrogens (tertiary/aromatic N) is 3. The second kappa shape index (κ2) is 9.18. The van der Waals surface area contributed by atoms with E-state index in [1.807, 2.05) is 0 Å². The summed E-state index contributed by atoms with van der Waals surface area (Å²) in [7, 11) is 0. The standard InChI is InChI=1S/C24H16F4N4O2/c25-20-6-1-2-7-21(20)30-29-13-17-14-32(19-10-8-15(9-11-19)23(33)34)31-22(17)16-4-3-5-18(12-16)24(26,27)28/h1-14,30H,(H,33,34)/b29-13+. The van der Waals surface area contributed by atoms with Gasteiger partial charge in [0.15, 0.2) is 0 Å². The van der Waals surface area contributed by atoms with Crippen LogP contribution in [0.5, 0.6) is 0 Å². The highest BCUT2D eigenvalue weighted by Gasteiger charge is 2.30. The van der Waals surface area contributed by atoms with Gasteiger partial charge in [0.25, 0.3) is 0 Å². The van der Waals surface area contributed by atoms with E-state index in [4.69, 9.17) is 5.11 Å². The Labute approximate surface area is 190 Å². The molecular formula is C24H16F4N4O2. The summed E-state index contributed by atoms with van der Waals surface area (Å²) in [5.74, 6) is -1.62. The number of para-hydroxylation sites is 1. The van der Waals surface area contributed by atoms with Crippen LogP contribution in [0.4, 0.5) is 23.2 Å². The number of carboxylic acids is 1. The Morgan fingerprint density at radius 2 is 1.76 bits per heavy atom. The van der Waals surface area contributed by atoms with Crippen molar-refractivity contribution in [2.45, 2.75) is 6.18 Å². The number of carbonyl (C=O) groups is 1. The fourth-order valence-corrected chi connectivity index (χ4v) is 3.16. The van der Waals surface area contributed by atoms with Crippen LogP contribution in [0.15, 0.2) is 84.1 Å². The molecule has 34 heavy (non-hydrogen) atoms. The summed E-state index contributed by atoms with van der Waals surface area (Å²) in [6.07, 6.45) is -1.69. The zero-order valence-electron chi connectivity index (χ0n) is 17.3. The fraction of sp³-hybridized carbons (Fsp3) is 0.0417. The third-order valence-corrected chi connectivity index (χ3v) is 4.85. The van der Waals surface area contributed by atoms with Gasteiger partial charge in [0, 0.05) is 17.3 Å². The van der Waals surface area contributed by atoms with Crippen LogP contribution in [-0.2, 0) is 6.18 Å². The number of hydrazone groups is 1. The van der Waals surface area contributed by atoms with Crippen LogP contribution in [0, 0.1) is 5.82 Å². The average Bonchev–Trinajstić information content (AvgIpc) is 3.24. The molecular weight excluding hydrogens is 452 g/mol. The van der Waals surface area contributed by atoms with Crippen LogP contribution in [-0.4, -0.2) is 27.1 Å².